The predicted molar refractivity (Wildman–Crippen MR) is 131 cm³/mol. The van der Waals surface area contributed by atoms with Gasteiger partial charge in [-0.2, -0.15) is 0 Å². The summed E-state index contributed by atoms with van der Waals surface area (Å²) >= 11 is 1.47. The van der Waals surface area contributed by atoms with Crippen LogP contribution in [0.15, 0.2) is 64.4 Å². The minimum atomic E-state index is -0.0830. The lowest BCUT2D eigenvalue weighted by Crippen LogP contribution is -2.34. The van der Waals surface area contributed by atoms with E-state index >= 15 is 0 Å². The highest BCUT2D eigenvalue weighted by Gasteiger charge is 2.29. The second kappa shape index (κ2) is 10.8. The van der Waals surface area contributed by atoms with Crippen LogP contribution in [0, 0.1) is 0 Å². The number of nitrogens with one attached hydrogen (secondary N) is 1. The van der Waals surface area contributed by atoms with E-state index in [0.717, 1.165) is 29.1 Å². The summed E-state index contributed by atoms with van der Waals surface area (Å²) in [5.74, 6) is -0.103. The molecule has 2 amide bonds. The largest absolute Gasteiger partial charge is 0.352 e. The highest BCUT2D eigenvalue weighted by atomic mass is 32.2. The van der Waals surface area contributed by atoms with E-state index in [1.165, 1.54) is 44.1 Å². The predicted octanol–water partition coefficient (Wildman–Crippen LogP) is 4.84. The lowest BCUT2D eigenvalue weighted by Gasteiger charge is -2.30. The van der Waals surface area contributed by atoms with Gasteiger partial charge in [0.05, 0.1) is 17.1 Å². The number of piperidine rings is 1. The number of carbonyl (C=O) groups excluding carboxylic acids is 2. The second-order valence-electron chi connectivity index (χ2n) is 8.33. The Balaban J connectivity index is 1.45. The summed E-state index contributed by atoms with van der Waals surface area (Å²) < 4.78 is 0. The van der Waals surface area contributed by atoms with E-state index in [0.29, 0.717) is 23.6 Å². The first-order valence-electron chi connectivity index (χ1n) is 11.5. The van der Waals surface area contributed by atoms with E-state index < -0.39 is 0 Å². The molecule has 0 unspecified atom stereocenters. The molecule has 1 N–H and O–H groups in total. The number of anilines is 1. The molecule has 0 aromatic heterocycles. The molecule has 0 atom stereocenters. The van der Waals surface area contributed by atoms with Gasteiger partial charge in [-0.1, -0.05) is 54.6 Å². The molecule has 2 aromatic carbocycles. The maximum atomic E-state index is 13.1. The molecule has 4 rings (SSSR count). The second-order valence-corrected chi connectivity index (χ2v) is 9.41. The van der Waals surface area contributed by atoms with Crippen molar-refractivity contribution in [1.29, 1.82) is 0 Å². The van der Waals surface area contributed by atoms with Crippen molar-refractivity contribution in [2.45, 2.75) is 44.0 Å². The standard InChI is InChI=1S/C26H31N3O2S/c1-2-23-26(31)29(19-20-10-5-3-6-11-20)22-18-21(12-13-24(22)32-23)25(30)27-14-9-17-28-15-7-4-8-16-28/h2-3,5-6,10-13,18H,4,7-9,14-17,19H2,1H3,(H,27,30)/b23-2-. The van der Waals surface area contributed by atoms with Crippen LogP contribution in [0.25, 0.3) is 0 Å². The average molecular weight is 450 g/mol. The first kappa shape index (κ1) is 22.6. The Hall–Kier alpha value is -2.57. The highest BCUT2D eigenvalue weighted by Crippen LogP contribution is 2.42. The number of amides is 2. The van der Waals surface area contributed by atoms with E-state index in [1.54, 1.807) is 4.90 Å². The summed E-state index contributed by atoms with van der Waals surface area (Å²) in [6, 6.07) is 15.6. The Labute approximate surface area is 194 Å². The topological polar surface area (TPSA) is 52.7 Å². The smallest absolute Gasteiger partial charge is 0.265 e. The molecule has 6 heteroatoms. The Morgan fingerprint density at radius 1 is 1.09 bits per heavy atom. The maximum Gasteiger partial charge on any atom is 0.265 e. The minimum Gasteiger partial charge on any atom is -0.352 e. The lowest BCUT2D eigenvalue weighted by molar-refractivity contribution is -0.114. The number of fused-ring (bicyclic) bond motifs is 1. The first-order chi connectivity index (χ1) is 15.7. The van der Waals surface area contributed by atoms with E-state index in [4.69, 9.17) is 0 Å². The number of carbonyl (C=O) groups is 2. The number of thioether (sulfide) groups is 1. The molecule has 1 fully saturated rings. The van der Waals surface area contributed by atoms with Gasteiger partial charge in [-0.25, -0.2) is 0 Å². The minimum absolute atomic E-state index is 0.0204. The van der Waals surface area contributed by atoms with Gasteiger partial charge < -0.3 is 15.1 Å². The van der Waals surface area contributed by atoms with E-state index in [1.807, 2.05) is 61.5 Å². The number of nitrogens with zero attached hydrogens (tertiary/aromatic N) is 2. The van der Waals surface area contributed by atoms with E-state index in [9.17, 15) is 9.59 Å². The van der Waals surface area contributed by atoms with Crippen LogP contribution in [0.2, 0.25) is 0 Å². The quantitative estimate of drug-likeness (QED) is 0.486. The molecule has 0 spiro atoms. The summed E-state index contributed by atoms with van der Waals surface area (Å²) in [5.41, 5.74) is 2.45. The molecule has 0 saturated carbocycles. The van der Waals surface area contributed by atoms with Crippen molar-refractivity contribution in [3.8, 4) is 0 Å². The van der Waals surface area contributed by atoms with Gasteiger partial charge in [0.15, 0.2) is 0 Å². The van der Waals surface area contributed by atoms with Crippen LogP contribution in [-0.4, -0.2) is 42.9 Å². The molecular weight excluding hydrogens is 418 g/mol. The summed E-state index contributed by atoms with van der Waals surface area (Å²) in [7, 11) is 0. The zero-order valence-electron chi connectivity index (χ0n) is 18.7. The zero-order valence-corrected chi connectivity index (χ0v) is 19.5. The Bertz CT molecular complexity index is 984. The fourth-order valence-corrected chi connectivity index (χ4v) is 5.22. The molecule has 2 aliphatic rings. The summed E-state index contributed by atoms with van der Waals surface area (Å²) in [6.07, 6.45) is 6.72. The number of rotatable bonds is 7. The van der Waals surface area contributed by atoms with Crippen LogP contribution in [0.4, 0.5) is 5.69 Å². The third-order valence-corrected chi connectivity index (χ3v) is 7.21. The molecule has 32 heavy (non-hydrogen) atoms. The summed E-state index contributed by atoms with van der Waals surface area (Å²) in [4.78, 5) is 31.9. The SMILES string of the molecule is C/C=C1\Sc2ccc(C(=O)NCCCN3CCCCC3)cc2N(Cc2ccccc2)C1=O. The van der Waals surface area contributed by atoms with Crippen LogP contribution in [0.3, 0.4) is 0 Å². The van der Waals surface area contributed by atoms with Crippen LogP contribution < -0.4 is 10.2 Å². The molecule has 0 radical (unpaired) electrons. The number of hydrogen-bond donors (Lipinski definition) is 1. The number of hydrogen-bond acceptors (Lipinski definition) is 4. The van der Waals surface area contributed by atoms with Crippen molar-refractivity contribution < 1.29 is 9.59 Å². The third-order valence-electron chi connectivity index (χ3n) is 6.02. The Morgan fingerprint density at radius 2 is 1.88 bits per heavy atom. The van der Waals surface area contributed by atoms with Gasteiger partial charge in [-0.05, 0) is 69.6 Å². The number of allylic oxidation sites excluding steroid dienone is 1. The van der Waals surface area contributed by atoms with Crippen LogP contribution in [0.1, 0.15) is 48.5 Å². The van der Waals surface area contributed by atoms with Gasteiger partial charge in [-0.3, -0.25) is 9.59 Å². The van der Waals surface area contributed by atoms with Gasteiger partial charge in [-0.15, -0.1) is 0 Å². The van der Waals surface area contributed by atoms with Gasteiger partial charge in [0.1, 0.15) is 0 Å². The van der Waals surface area contributed by atoms with E-state index in [2.05, 4.69) is 10.2 Å². The number of likely N-dealkylation sites (tertiary alicyclic amines) is 1. The van der Waals surface area contributed by atoms with Crippen molar-refractivity contribution in [3.63, 3.8) is 0 Å². The van der Waals surface area contributed by atoms with Gasteiger partial charge in [0.2, 0.25) is 0 Å². The highest BCUT2D eigenvalue weighted by molar-refractivity contribution is 8.04. The Morgan fingerprint density at radius 3 is 2.62 bits per heavy atom. The van der Waals surface area contributed by atoms with Crippen LogP contribution >= 0.6 is 11.8 Å². The van der Waals surface area contributed by atoms with Gasteiger partial charge in [0, 0.05) is 17.0 Å². The normalized spacial score (nSPS) is 18.0. The fraction of sp³-hybridized carbons (Fsp3) is 0.385. The molecule has 0 aliphatic carbocycles. The third kappa shape index (κ3) is 5.43. The maximum absolute atomic E-state index is 13.1. The molecule has 2 heterocycles. The van der Waals surface area contributed by atoms with Gasteiger partial charge in [0.25, 0.3) is 11.8 Å². The van der Waals surface area contributed by atoms with Crippen LogP contribution in [0.5, 0.6) is 0 Å². The molecule has 5 nitrogen and oxygen atoms in total. The molecule has 2 aromatic rings. The first-order valence-corrected chi connectivity index (χ1v) is 12.3. The van der Waals surface area contributed by atoms with Crippen molar-refractivity contribution in [2.24, 2.45) is 0 Å². The molecule has 2 aliphatic heterocycles. The lowest BCUT2D eigenvalue weighted by atomic mass is 10.1. The summed E-state index contributed by atoms with van der Waals surface area (Å²) in [5, 5.41) is 3.05. The Kier molecular flexibility index (Phi) is 7.66. The molecule has 1 saturated heterocycles. The van der Waals surface area contributed by atoms with Crippen LogP contribution in [-0.2, 0) is 11.3 Å². The van der Waals surface area contributed by atoms with Crippen molar-refractivity contribution in [2.75, 3.05) is 31.1 Å². The fourth-order valence-electron chi connectivity index (χ4n) is 4.26. The summed E-state index contributed by atoms with van der Waals surface area (Å²) in [6.45, 7) is 6.41. The zero-order chi connectivity index (χ0) is 22.3. The molecular formula is C26H31N3O2S. The van der Waals surface area contributed by atoms with E-state index in [-0.39, 0.29) is 11.8 Å². The van der Waals surface area contributed by atoms with Gasteiger partial charge >= 0.3 is 0 Å². The monoisotopic (exact) mass is 449 g/mol. The average Bonchev–Trinajstić information content (AvgIpc) is 2.84. The molecule has 0 bridgehead atoms. The molecule has 168 valence electrons. The number of benzene rings is 2. The van der Waals surface area contributed by atoms with Crippen molar-refractivity contribution >= 4 is 29.3 Å². The van der Waals surface area contributed by atoms with Crippen molar-refractivity contribution in [1.82, 2.24) is 10.2 Å². The van der Waals surface area contributed by atoms with Crippen molar-refractivity contribution in [3.05, 3.63) is 70.6 Å².